The van der Waals surface area contributed by atoms with Crippen molar-refractivity contribution in [3.05, 3.63) is 35.9 Å². The zero-order chi connectivity index (χ0) is 11.1. The average molecular weight is 217 g/mol. The first-order chi connectivity index (χ1) is 7.77. The summed E-state index contributed by atoms with van der Waals surface area (Å²) in [6.45, 7) is 0. The van der Waals surface area contributed by atoms with Crippen LogP contribution in [0.4, 0.5) is 0 Å². The van der Waals surface area contributed by atoms with Gasteiger partial charge in [-0.2, -0.15) is 0 Å². The summed E-state index contributed by atoms with van der Waals surface area (Å²) in [5.74, 6) is 0.0738. The van der Waals surface area contributed by atoms with Gasteiger partial charge in [-0.3, -0.25) is 4.79 Å². The minimum absolute atomic E-state index is 0.0534. The second kappa shape index (κ2) is 3.59. The van der Waals surface area contributed by atoms with E-state index in [4.69, 9.17) is 0 Å². The van der Waals surface area contributed by atoms with Crippen molar-refractivity contribution in [3.8, 4) is 0 Å². The van der Waals surface area contributed by atoms with Crippen LogP contribution in [0.3, 0.4) is 0 Å². The van der Waals surface area contributed by atoms with E-state index in [9.17, 15) is 9.90 Å². The Hall–Kier alpha value is -1.35. The van der Waals surface area contributed by atoms with Crippen LogP contribution in [0, 0.1) is 0 Å². The molecular formula is C13H15NO2. The van der Waals surface area contributed by atoms with Gasteiger partial charge in [0.15, 0.2) is 0 Å². The summed E-state index contributed by atoms with van der Waals surface area (Å²) in [7, 11) is 0. The monoisotopic (exact) mass is 217 g/mol. The molecule has 2 heterocycles. The second-order valence-corrected chi connectivity index (χ2v) is 4.68. The number of aliphatic hydroxyl groups is 1. The summed E-state index contributed by atoms with van der Waals surface area (Å²) in [6, 6.07) is 9.65. The zero-order valence-corrected chi connectivity index (χ0v) is 9.04. The van der Waals surface area contributed by atoms with Gasteiger partial charge in [0.05, 0.1) is 12.1 Å². The highest BCUT2D eigenvalue weighted by molar-refractivity contribution is 5.95. The molecule has 2 fully saturated rings. The predicted octanol–water partition coefficient (Wildman–Crippen LogP) is 1.42. The third kappa shape index (κ3) is 1.35. The van der Waals surface area contributed by atoms with E-state index in [-0.39, 0.29) is 24.1 Å². The molecule has 0 radical (unpaired) electrons. The van der Waals surface area contributed by atoms with Crippen molar-refractivity contribution in [1.29, 1.82) is 0 Å². The molecule has 2 aliphatic heterocycles. The van der Waals surface area contributed by atoms with E-state index in [1.54, 1.807) is 0 Å². The molecule has 3 heteroatoms. The van der Waals surface area contributed by atoms with Crippen molar-refractivity contribution in [2.45, 2.75) is 37.5 Å². The maximum atomic E-state index is 12.3. The van der Waals surface area contributed by atoms with Crippen molar-refractivity contribution in [2.75, 3.05) is 0 Å². The van der Waals surface area contributed by atoms with Gasteiger partial charge in [0.2, 0.25) is 0 Å². The molecule has 2 bridgehead atoms. The topological polar surface area (TPSA) is 40.5 Å². The summed E-state index contributed by atoms with van der Waals surface area (Å²) in [4.78, 5) is 14.2. The van der Waals surface area contributed by atoms with E-state index in [0.29, 0.717) is 0 Å². The Kier molecular flexibility index (Phi) is 2.21. The summed E-state index contributed by atoms with van der Waals surface area (Å²) >= 11 is 0. The van der Waals surface area contributed by atoms with E-state index in [2.05, 4.69) is 0 Å². The Labute approximate surface area is 94.7 Å². The fourth-order valence-corrected chi connectivity index (χ4v) is 3.00. The van der Waals surface area contributed by atoms with Crippen LogP contribution in [0.2, 0.25) is 0 Å². The highest BCUT2D eigenvalue weighted by Gasteiger charge is 2.47. The Morgan fingerprint density at radius 1 is 1.25 bits per heavy atom. The Bertz CT molecular complexity index is 404. The van der Waals surface area contributed by atoms with Crippen molar-refractivity contribution >= 4 is 5.91 Å². The largest absolute Gasteiger partial charge is 0.391 e. The summed E-state index contributed by atoms with van der Waals surface area (Å²) in [5, 5.41) is 9.79. The zero-order valence-electron chi connectivity index (χ0n) is 9.04. The molecule has 1 aromatic rings. The van der Waals surface area contributed by atoms with Crippen LogP contribution in [0.1, 0.15) is 29.6 Å². The van der Waals surface area contributed by atoms with Crippen LogP contribution in [0.25, 0.3) is 0 Å². The average Bonchev–Trinajstić information content (AvgIpc) is 2.85. The first-order valence-corrected chi connectivity index (χ1v) is 5.83. The molecule has 84 valence electrons. The first-order valence-electron chi connectivity index (χ1n) is 5.83. The van der Waals surface area contributed by atoms with Crippen LogP contribution in [-0.2, 0) is 0 Å². The number of aliphatic hydroxyl groups excluding tert-OH is 1. The fourth-order valence-electron chi connectivity index (χ4n) is 3.00. The molecule has 2 saturated heterocycles. The van der Waals surface area contributed by atoms with Gasteiger partial charge < -0.3 is 10.0 Å². The molecule has 3 nitrogen and oxygen atoms in total. The van der Waals surface area contributed by atoms with Crippen molar-refractivity contribution < 1.29 is 9.90 Å². The number of nitrogens with zero attached hydrogens (tertiary/aromatic N) is 1. The van der Waals surface area contributed by atoms with E-state index < -0.39 is 0 Å². The molecule has 3 rings (SSSR count). The quantitative estimate of drug-likeness (QED) is 0.773. The molecular weight excluding hydrogens is 202 g/mol. The lowest BCUT2D eigenvalue weighted by atomic mass is 9.98. The molecule has 1 amide bonds. The molecule has 1 N–H and O–H groups in total. The van der Waals surface area contributed by atoms with Gasteiger partial charge in [0.1, 0.15) is 0 Å². The summed E-state index contributed by atoms with van der Waals surface area (Å²) in [6.07, 6.45) is 2.43. The highest BCUT2D eigenvalue weighted by Crippen LogP contribution is 2.38. The third-order valence-electron chi connectivity index (χ3n) is 3.76. The molecule has 2 aliphatic rings. The second-order valence-electron chi connectivity index (χ2n) is 4.68. The number of hydrogen-bond donors (Lipinski definition) is 1. The maximum Gasteiger partial charge on any atom is 0.254 e. The van der Waals surface area contributed by atoms with Gasteiger partial charge >= 0.3 is 0 Å². The molecule has 0 aliphatic carbocycles. The number of carbonyl (C=O) groups excluding carboxylic acids is 1. The number of benzene rings is 1. The molecule has 0 spiro atoms. The molecule has 0 saturated carbocycles. The predicted molar refractivity (Wildman–Crippen MR) is 60.0 cm³/mol. The lowest BCUT2D eigenvalue weighted by Crippen LogP contribution is -2.37. The number of amides is 1. The van der Waals surface area contributed by atoms with Gasteiger partial charge in [0.25, 0.3) is 5.91 Å². The van der Waals surface area contributed by atoms with Crippen molar-refractivity contribution in [3.63, 3.8) is 0 Å². The SMILES string of the molecule is O=C(c1ccccc1)N1[C@@H]2CC[C@H]1[C@@H](O)C2. The summed E-state index contributed by atoms with van der Waals surface area (Å²) in [5.41, 5.74) is 0.730. The van der Waals surface area contributed by atoms with Gasteiger partial charge in [-0.15, -0.1) is 0 Å². The van der Waals surface area contributed by atoms with Crippen LogP contribution in [0.15, 0.2) is 30.3 Å². The lowest BCUT2D eigenvalue weighted by molar-refractivity contribution is 0.0665. The smallest absolute Gasteiger partial charge is 0.254 e. The minimum Gasteiger partial charge on any atom is -0.391 e. The minimum atomic E-state index is -0.314. The Morgan fingerprint density at radius 2 is 2.00 bits per heavy atom. The number of carbonyl (C=O) groups is 1. The third-order valence-corrected chi connectivity index (χ3v) is 3.76. The number of rotatable bonds is 1. The highest BCUT2D eigenvalue weighted by atomic mass is 16.3. The van der Waals surface area contributed by atoms with E-state index in [1.165, 1.54) is 0 Å². The summed E-state index contributed by atoms with van der Waals surface area (Å²) < 4.78 is 0. The number of fused-ring (bicyclic) bond motifs is 2. The Morgan fingerprint density at radius 3 is 2.56 bits per heavy atom. The maximum absolute atomic E-state index is 12.3. The van der Waals surface area contributed by atoms with Gasteiger partial charge in [-0.25, -0.2) is 0 Å². The normalized spacial score (nSPS) is 32.1. The van der Waals surface area contributed by atoms with E-state index in [1.807, 2.05) is 35.2 Å². The molecule has 1 aromatic carbocycles. The van der Waals surface area contributed by atoms with Crippen LogP contribution in [0.5, 0.6) is 0 Å². The van der Waals surface area contributed by atoms with Gasteiger partial charge in [0, 0.05) is 11.6 Å². The molecule has 0 aromatic heterocycles. The fraction of sp³-hybridized carbons (Fsp3) is 0.462. The van der Waals surface area contributed by atoms with Crippen molar-refractivity contribution in [2.24, 2.45) is 0 Å². The Balaban J connectivity index is 1.87. The molecule has 16 heavy (non-hydrogen) atoms. The standard InChI is InChI=1S/C13H15NO2/c15-12-8-10-6-7-11(12)14(10)13(16)9-4-2-1-3-5-9/h1-5,10-12,15H,6-8H2/t10-,11+,12+/m1/s1. The van der Waals surface area contributed by atoms with E-state index >= 15 is 0 Å². The van der Waals surface area contributed by atoms with Gasteiger partial charge in [-0.05, 0) is 31.4 Å². The van der Waals surface area contributed by atoms with Crippen LogP contribution < -0.4 is 0 Å². The van der Waals surface area contributed by atoms with Gasteiger partial charge in [-0.1, -0.05) is 18.2 Å². The van der Waals surface area contributed by atoms with Crippen LogP contribution in [-0.4, -0.2) is 34.1 Å². The van der Waals surface area contributed by atoms with Crippen molar-refractivity contribution in [1.82, 2.24) is 4.90 Å². The number of hydrogen-bond acceptors (Lipinski definition) is 2. The van der Waals surface area contributed by atoms with E-state index in [0.717, 1.165) is 24.8 Å². The molecule has 0 unspecified atom stereocenters. The lowest BCUT2D eigenvalue weighted by Gasteiger charge is -2.22. The molecule has 3 atom stereocenters. The van der Waals surface area contributed by atoms with Crippen LogP contribution >= 0.6 is 0 Å². The first kappa shape index (κ1) is 9.85.